The number of ether oxygens (including phenoxy) is 2. The number of rotatable bonds is 8. The van der Waals surface area contributed by atoms with Gasteiger partial charge < -0.3 is 9.47 Å². The van der Waals surface area contributed by atoms with Crippen molar-refractivity contribution in [3.05, 3.63) is 54.1 Å². The average molecular weight is 385 g/mol. The van der Waals surface area contributed by atoms with Gasteiger partial charge >= 0.3 is 5.97 Å². The maximum Gasteiger partial charge on any atom is 0.308 e. The van der Waals surface area contributed by atoms with E-state index in [9.17, 15) is 4.79 Å². The van der Waals surface area contributed by atoms with Gasteiger partial charge in [0, 0.05) is 13.1 Å². The Labute approximate surface area is 164 Å². The van der Waals surface area contributed by atoms with E-state index >= 15 is 0 Å². The van der Waals surface area contributed by atoms with Crippen molar-refractivity contribution in [2.45, 2.75) is 38.4 Å². The quantitative estimate of drug-likeness (QED) is 0.265. The van der Waals surface area contributed by atoms with Crippen molar-refractivity contribution >= 4 is 29.8 Å². The van der Waals surface area contributed by atoms with Gasteiger partial charge in [0.25, 0.3) is 0 Å². The molecule has 0 aliphatic carbocycles. The number of carbonyl (C=O) groups is 1. The van der Waals surface area contributed by atoms with Crippen LogP contribution < -0.4 is 13.9 Å². The largest absolute Gasteiger partial charge is 0.494 e. The summed E-state index contributed by atoms with van der Waals surface area (Å²) in [5.41, 5.74) is 2.12. The van der Waals surface area contributed by atoms with Gasteiger partial charge in [-0.05, 0) is 60.3 Å². The lowest BCUT2D eigenvalue weighted by molar-refractivity contribution is -0.131. The lowest BCUT2D eigenvalue weighted by Crippen LogP contribution is -2.03. The summed E-state index contributed by atoms with van der Waals surface area (Å²) in [7, 11) is 0. The highest BCUT2D eigenvalue weighted by Crippen LogP contribution is 2.39. The fraction of sp³-hybridized carbons (Fsp3) is 0.333. The lowest BCUT2D eigenvalue weighted by Gasteiger charge is -2.15. The molecule has 0 fully saturated rings. The van der Waals surface area contributed by atoms with Gasteiger partial charge in [-0.15, -0.1) is 0 Å². The molecule has 6 heteroatoms. The third kappa shape index (κ3) is 5.50. The summed E-state index contributed by atoms with van der Waals surface area (Å²) < 4.78 is 12.7. The standard InChI is InChI=1S/C21H24N2O3S/c1-3-4-5-14-25-19-12-8-18(9-13-19)23-22-15-21(27-23)17-6-10-20(11-7-17)26-16(2)24/h6-13,15,21H,3-5,14H2,1-2H3. The molecule has 3 rings (SSSR count). The summed E-state index contributed by atoms with van der Waals surface area (Å²) in [4.78, 5) is 11.0. The zero-order chi connectivity index (χ0) is 19.1. The van der Waals surface area contributed by atoms with Crippen LogP contribution in [0.1, 0.15) is 43.9 Å². The first-order valence-electron chi connectivity index (χ1n) is 9.18. The molecule has 27 heavy (non-hydrogen) atoms. The molecule has 0 saturated carbocycles. The summed E-state index contributed by atoms with van der Waals surface area (Å²) in [6, 6.07) is 15.5. The third-order valence-corrected chi connectivity index (χ3v) is 5.19. The molecule has 0 N–H and O–H groups in total. The second-order valence-electron chi connectivity index (χ2n) is 6.28. The highest BCUT2D eigenvalue weighted by Gasteiger charge is 2.22. The van der Waals surface area contributed by atoms with Crippen LogP contribution in [0.4, 0.5) is 5.69 Å². The summed E-state index contributed by atoms with van der Waals surface area (Å²) in [5, 5.41) is 4.62. The molecule has 0 radical (unpaired) electrons. The molecule has 0 spiro atoms. The summed E-state index contributed by atoms with van der Waals surface area (Å²) >= 11 is 1.63. The van der Waals surface area contributed by atoms with E-state index in [0.717, 1.165) is 30.0 Å². The number of unbranched alkanes of at least 4 members (excludes halogenated alkanes) is 2. The Hall–Kier alpha value is -2.47. The summed E-state index contributed by atoms with van der Waals surface area (Å²) in [6.07, 6.45) is 5.39. The molecular weight excluding hydrogens is 360 g/mol. The molecule has 0 saturated heterocycles. The van der Waals surface area contributed by atoms with Crippen molar-refractivity contribution in [3.8, 4) is 11.5 Å². The van der Waals surface area contributed by atoms with Gasteiger partial charge in [-0.25, -0.2) is 4.41 Å². The highest BCUT2D eigenvalue weighted by molar-refractivity contribution is 8.01. The number of hydrazone groups is 1. The van der Waals surface area contributed by atoms with Crippen molar-refractivity contribution in [1.29, 1.82) is 0 Å². The number of hydrogen-bond acceptors (Lipinski definition) is 6. The molecule has 1 aliphatic heterocycles. The molecule has 2 aromatic carbocycles. The lowest BCUT2D eigenvalue weighted by atomic mass is 10.1. The summed E-state index contributed by atoms with van der Waals surface area (Å²) in [6.45, 7) is 4.34. The Morgan fingerprint density at radius 1 is 1.07 bits per heavy atom. The van der Waals surface area contributed by atoms with Gasteiger partial charge in [0.05, 0.1) is 17.5 Å². The van der Waals surface area contributed by atoms with Crippen LogP contribution in [-0.4, -0.2) is 18.8 Å². The van der Waals surface area contributed by atoms with E-state index in [4.69, 9.17) is 9.47 Å². The van der Waals surface area contributed by atoms with Crippen LogP contribution >= 0.6 is 11.9 Å². The predicted molar refractivity (Wildman–Crippen MR) is 111 cm³/mol. The predicted octanol–water partition coefficient (Wildman–Crippen LogP) is 5.38. The normalized spacial score (nSPS) is 15.8. The molecule has 1 unspecified atom stereocenters. The fourth-order valence-corrected chi connectivity index (χ4v) is 3.62. The zero-order valence-corrected chi connectivity index (χ0v) is 16.4. The van der Waals surface area contributed by atoms with E-state index in [1.54, 1.807) is 24.1 Å². The molecule has 2 aromatic rings. The van der Waals surface area contributed by atoms with Gasteiger partial charge in [-0.3, -0.25) is 4.79 Å². The average Bonchev–Trinajstić information content (AvgIpc) is 3.16. The molecule has 1 atom stereocenters. The Morgan fingerprint density at radius 2 is 1.78 bits per heavy atom. The van der Waals surface area contributed by atoms with E-state index in [1.165, 1.54) is 19.8 Å². The monoisotopic (exact) mass is 384 g/mol. The van der Waals surface area contributed by atoms with Gasteiger partial charge in [0.1, 0.15) is 11.5 Å². The van der Waals surface area contributed by atoms with Crippen molar-refractivity contribution in [2.75, 3.05) is 11.0 Å². The molecule has 1 aliphatic rings. The van der Waals surface area contributed by atoms with E-state index in [0.29, 0.717) is 5.75 Å². The number of carbonyl (C=O) groups excluding carboxylic acids is 1. The van der Waals surface area contributed by atoms with E-state index in [2.05, 4.69) is 12.0 Å². The Balaban J connectivity index is 1.54. The van der Waals surface area contributed by atoms with Crippen LogP contribution in [0.5, 0.6) is 11.5 Å². The van der Waals surface area contributed by atoms with Crippen molar-refractivity contribution < 1.29 is 14.3 Å². The van der Waals surface area contributed by atoms with Gasteiger partial charge in [0.15, 0.2) is 0 Å². The highest BCUT2D eigenvalue weighted by atomic mass is 32.2. The minimum Gasteiger partial charge on any atom is -0.494 e. The molecule has 0 aromatic heterocycles. The molecular formula is C21H24N2O3S. The maximum absolute atomic E-state index is 11.0. The first kappa shape index (κ1) is 19.3. The molecule has 142 valence electrons. The smallest absolute Gasteiger partial charge is 0.308 e. The first-order chi connectivity index (χ1) is 13.2. The number of hydrogen-bond donors (Lipinski definition) is 0. The second-order valence-corrected chi connectivity index (χ2v) is 7.34. The van der Waals surface area contributed by atoms with E-state index < -0.39 is 0 Å². The van der Waals surface area contributed by atoms with Gasteiger partial charge in [0.2, 0.25) is 0 Å². The van der Waals surface area contributed by atoms with Crippen LogP contribution in [0.3, 0.4) is 0 Å². The van der Waals surface area contributed by atoms with Gasteiger partial charge in [-0.1, -0.05) is 31.9 Å². The van der Waals surface area contributed by atoms with Crippen molar-refractivity contribution in [3.63, 3.8) is 0 Å². The van der Waals surface area contributed by atoms with Crippen molar-refractivity contribution in [1.82, 2.24) is 0 Å². The van der Waals surface area contributed by atoms with Crippen LogP contribution in [0.2, 0.25) is 0 Å². The van der Waals surface area contributed by atoms with Crippen LogP contribution in [0, 0.1) is 0 Å². The number of anilines is 1. The van der Waals surface area contributed by atoms with Crippen molar-refractivity contribution in [2.24, 2.45) is 5.10 Å². The number of esters is 1. The third-order valence-electron chi connectivity index (χ3n) is 4.06. The van der Waals surface area contributed by atoms with Gasteiger partial charge in [-0.2, -0.15) is 5.10 Å². The van der Waals surface area contributed by atoms with Crippen LogP contribution in [0.25, 0.3) is 0 Å². The van der Waals surface area contributed by atoms with E-state index in [1.807, 2.05) is 47.0 Å². The molecule has 0 amide bonds. The maximum atomic E-state index is 11.0. The summed E-state index contributed by atoms with van der Waals surface area (Å²) in [5.74, 6) is 1.13. The van der Waals surface area contributed by atoms with Crippen LogP contribution in [-0.2, 0) is 4.79 Å². The minimum absolute atomic E-state index is 0.126. The van der Waals surface area contributed by atoms with Crippen LogP contribution in [0.15, 0.2) is 53.6 Å². The minimum atomic E-state index is -0.316. The Morgan fingerprint density at radius 3 is 2.44 bits per heavy atom. The second kappa shape index (κ2) is 9.46. The number of nitrogens with zero attached hydrogens (tertiary/aromatic N) is 2. The topological polar surface area (TPSA) is 51.1 Å². The Kier molecular flexibility index (Phi) is 6.76. The van der Waals surface area contributed by atoms with E-state index in [-0.39, 0.29) is 11.2 Å². The molecule has 5 nitrogen and oxygen atoms in total. The Bertz CT molecular complexity index is 775. The first-order valence-corrected chi connectivity index (χ1v) is 10.0. The number of benzene rings is 2. The SMILES string of the molecule is CCCCCOc1ccc(N2N=CC(c3ccc(OC(C)=O)cc3)S2)cc1. The fourth-order valence-electron chi connectivity index (χ4n) is 2.66. The molecule has 1 heterocycles. The zero-order valence-electron chi connectivity index (χ0n) is 15.6. The molecule has 0 bridgehead atoms.